The third-order valence-corrected chi connectivity index (χ3v) is 13.1. The minimum absolute atomic E-state index is 0.0899. The summed E-state index contributed by atoms with van der Waals surface area (Å²) in [6.45, 7) is -0.603. The number of hydrogen-bond acceptors (Lipinski definition) is 7. The number of thioether (sulfide) groups is 1. The van der Waals surface area contributed by atoms with Gasteiger partial charge < -0.3 is 15.0 Å². The molecule has 3 heterocycles. The first kappa shape index (κ1) is 34.8. The van der Waals surface area contributed by atoms with Gasteiger partial charge in [-0.1, -0.05) is 41.1 Å². The van der Waals surface area contributed by atoms with Crippen molar-refractivity contribution in [3.8, 4) is 5.75 Å². The van der Waals surface area contributed by atoms with Crippen molar-refractivity contribution < 1.29 is 45.5 Å². The van der Waals surface area contributed by atoms with Gasteiger partial charge in [-0.3, -0.25) is 19.2 Å². The maximum absolute atomic E-state index is 14.1. The maximum atomic E-state index is 14.1. The maximum Gasteiger partial charge on any atom is 0.418 e. The number of carbonyl (C=O) groups is 3. The molecule has 270 valence electrons. The number of ether oxygens (including phenoxy) is 1. The van der Waals surface area contributed by atoms with Gasteiger partial charge in [-0.2, -0.15) is 26.3 Å². The van der Waals surface area contributed by atoms with Gasteiger partial charge in [-0.15, -0.1) is 11.8 Å². The van der Waals surface area contributed by atoms with Crippen molar-refractivity contribution >= 4 is 63.8 Å². The minimum Gasteiger partial charge on any atom is -0.483 e. The quantitative estimate of drug-likeness (QED) is 0.153. The molecule has 6 unspecified atom stereocenters. The molecule has 1 saturated heterocycles. The fourth-order valence-corrected chi connectivity index (χ4v) is 11.6. The van der Waals surface area contributed by atoms with Crippen molar-refractivity contribution in [2.24, 2.45) is 29.6 Å². The van der Waals surface area contributed by atoms with E-state index in [1.165, 1.54) is 42.1 Å². The van der Waals surface area contributed by atoms with Crippen LogP contribution in [0.5, 0.6) is 5.75 Å². The zero-order valence-corrected chi connectivity index (χ0v) is 28.6. The first-order chi connectivity index (χ1) is 24.6. The monoisotopic (exact) mass is 779 g/mol. The number of halogens is 7. The fourth-order valence-electron chi connectivity index (χ4n) is 8.52. The highest BCUT2D eigenvalue weighted by molar-refractivity contribution is 8.00. The highest BCUT2D eigenvalue weighted by Gasteiger charge is 2.70. The van der Waals surface area contributed by atoms with Gasteiger partial charge in [0.15, 0.2) is 6.61 Å². The van der Waals surface area contributed by atoms with Crippen molar-refractivity contribution in [1.29, 1.82) is 0 Å². The molecule has 7 atom stereocenters. The van der Waals surface area contributed by atoms with Gasteiger partial charge in [0.05, 0.1) is 33.7 Å². The predicted octanol–water partition coefficient (Wildman–Crippen LogP) is 7.82. The fraction of sp³-hybridized carbons (Fsp3) is 0.314. The normalized spacial score (nSPS) is 26.3. The molecule has 3 aromatic carbocycles. The van der Waals surface area contributed by atoms with E-state index in [0.717, 1.165) is 41.7 Å². The first-order valence-electron chi connectivity index (χ1n) is 15.9. The van der Waals surface area contributed by atoms with E-state index in [0.29, 0.717) is 26.8 Å². The number of thiazole rings is 1. The lowest BCUT2D eigenvalue weighted by molar-refractivity contribution is -0.138. The summed E-state index contributed by atoms with van der Waals surface area (Å²) in [5, 5.41) is 2.92. The van der Waals surface area contributed by atoms with Crippen molar-refractivity contribution in [3.63, 3.8) is 0 Å². The minimum atomic E-state index is -4.81. The number of fused-ring (bicyclic) bond motifs is 9. The Hall–Kier alpha value is -4.28. The van der Waals surface area contributed by atoms with Crippen LogP contribution in [-0.4, -0.2) is 34.6 Å². The third kappa shape index (κ3) is 5.69. The molecule has 1 aromatic heterocycles. The number of carbonyl (C=O) groups excluding carboxylic acids is 3. The standard InChI is InChI=1S/C35H24ClF6N3O5S2/c36-15-8-9-22(50-13-23(46)43-16-5-3-4-14(10-16)34(37,38)39)17(11-15)24-25-18-12-19(28(25)51-30-29(24)52-33(49)44-30)27-26(18)31(47)45(32(27)48)21-7-2-1-6-20(21)35(40,41)42/h1-11,18-19,24-28H,12-13H2,(H,43,46)(H,44,49)/t18?,19?,24-,25?,26?,27?,28?/m1/s1. The summed E-state index contributed by atoms with van der Waals surface area (Å²) in [6.07, 6.45) is -8.97. The van der Waals surface area contributed by atoms with E-state index >= 15 is 0 Å². The van der Waals surface area contributed by atoms with Crippen LogP contribution in [0.2, 0.25) is 5.02 Å². The van der Waals surface area contributed by atoms with E-state index in [4.69, 9.17) is 16.3 Å². The van der Waals surface area contributed by atoms with Crippen molar-refractivity contribution in [2.45, 2.75) is 35.0 Å². The molecule has 3 fully saturated rings. The molecule has 8 rings (SSSR count). The van der Waals surface area contributed by atoms with Crippen LogP contribution < -0.4 is 19.8 Å². The van der Waals surface area contributed by atoms with Gasteiger partial charge in [0.1, 0.15) is 5.75 Å². The Balaban J connectivity index is 1.12. The Kier molecular flexibility index (Phi) is 8.30. The van der Waals surface area contributed by atoms with Crippen molar-refractivity contribution in [3.05, 3.63) is 103 Å². The van der Waals surface area contributed by atoms with Crippen LogP contribution in [-0.2, 0) is 26.7 Å². The Bertz CT molecular complexity index is 2210. The Morgan fingerprint density at radius 1 is 0.923 bits per heavy atom. The second-order valence-corrected chi connectivity index (χ2v) is 15.7. The van der Waals surface area contributed by atoms with Gasteiger partial charge in [-0.25, -0.2) is 4.90 Å². The van der Waals surface area contributed by atoms with E-state index in [-0.39, 0.29) is 32.5 Å². The summed E-state index contributed by atoms with van der Waals surface area (Å²) in [4.78, 5) is 57.4. The van der Waals surface area contributed by atoms with E-state index in [1.54, 1.807) is 6.07 Å². The molecular formula is C35H24ClF6N3O5S2. The number of aromatic amines is 1. The molecule has 0 spiro atoms. The third-order valence-electron chi connectivity index (χ3n) is 10.3. The topological polar surface area (TPSA) is 109 Å². The van der Waals surface area contributed by atoms with E-state index < -0.39 is 83.1 Å². The number of aromatic nitrogens is 1. The Morgan fingerprint density at radius 3 is 2.38 bits per heavy atom. The van der Waals surface area contributed by atoms with Crippen LogP contribution in [0, 0.1) is 29.6 Å². The molecule has 4 aromatic rings. The molecule has 2 aliphatic carbocycles. The number of rotatable bonds is 6. The smallest absolute Gasteiger partial charge is 0.418 e. The van der Waals surface area contributed by atoms with E-state index in [1.807, 2.05) is 0 Å². The molecule has 3 amide bonds. The second-order valence-electron chi connectivity index (χ2n) is 13.1. The molecule has 4 aliphatic rings. The lowest BCUT2D eigenvalue weighted by atomic mass is 9.68. The Morgan fingerprint density at radius 2 is 1.65 bits per heavy atom. The summed E-state index contributed by atoms with van der Waals surface area (Å²) in [5.41, 5.74) is -2.16. The van der Waals surface area contributed by atoms with Crippen molar-refractivity contribution in [2.75, 3.05) is 16.8 Å². The molecule has 2 N–H and O–H groups in total. The number of benzene rings is 3. The van der Waals surface area contributed by atoms with E-state index in [9.17, 15) is 45.5 Å². The molecule has 52 heavy (non-hydrogen) atoms. The molecule has 2 saturated carbocycles. The van der Waals surface area contributed by atoms with Crippen LogP contribution in [0.25, 0.3) is 0 Å². The van der Waals surface area contributed by atoms with Gasteiger partial charge in [-0.05, 0) is 72.7 Å². The number of imide groups is 1. The molecule has 17 heteroatoms. The number of nitrogens with zero attached hydrogens (tertiary/aromatic N) is 1. The molecular weight excluding hydrogens is 756 g/mol. The lowest BCUT2D eigenvalue weighted by Crippen LogP contribution is -2.42. The average Bonchev–Trinajstić information content (AvgIpc) is 3.82. The first-order valence-corrected chi connectivity index (χ1v) is 18.0. The van der Waals surface area contributed by atoms with Crippen LogP contribution in [0.15, 0.2) is 76.6 Å². The number of alkyl halides is 6. The molecule has 2 bridgehead atoms. The zero-order valence-electron chi connectivity index (χ0n) is 26.3. The van der Waals surface area contributed by atoms with Crippen LogP contribution in [0.3, 0.4) is 0 Å². The van der Waals surface area contributed by atoms with Crippen LogP contribution in [0.1, 0.15) is 33.9 Å². The average molecular weight is 780 g/mol. The number of amides is 3. The van der Waals surface area contributed by atoms with E-state index in [2.05, 4.69) is 10.3 Å². The van der Waals surface area contributed by atoms with Gasteiger partial charge in [0, 0.05) is 32.3 Å². The predicted molar refractivity (Wildman–Crippen MR) is 179 cm³/mol. The molecule has 2 aliphatic heterocycles. The van der Waals surface area contributed by atoms with Crippen LogP contribution >= 0.6 is 34.7 Å². The number of anilines is 2. The van der Waals surface area contributed by atoms with Crippen LogP contribution in [0.4, 0.5) is 37.7 Å². The van der Waals surface area contributed by atoms with Crippen molar-refractivity contribution in [1.82, 2.24) is 4.98 Å². The number of H-pyrrole nitrogens is 1. The lowest BCUT2D eigenvalue weighted by Gasteiger charge is -2.43. The summed E-state index contributed by atoms with van der Waals surface area (Å²) < 4.78 is 87.6. The highest BCUT2D eigenvalue weighted by atomic mass is 35.5. The summed E-state index contributed by atoms with van der Waals surface area (Å²) in [7, 11) is 0. The number of nitrogens with one attached hydrogen (secondary N) is 2. The number of para-hydroxylation sites is 1. The second kappa shape index (κ2) is 12.4. The highest BCUT2D eigenvalue weighted by Crippen LogP contribution is 2.69. The molecule has 0 radical (unpaired) electrons. The van der Waals surface area contributed by atoms with Gasteiger partial charge in [0.2, 0.25) is 11.8 Å². The number of hydrogen-bond donors (Lipinski definition) is 2. The largest absolute Gasteiger partial charge is 0.483 e. The summed E-state index contributed by atoms with van der Waals surface area (Å²) >= 11 is 8.81. The van der Waals surface area contributed by atoms with Gasteiger partial charge in [0.25, 0.3) is 5.91 Å². The Labute approximate surface area is 303 Å². The SMILES string of the molecule is O=C(COc1ccc(Cl)cc1[C@H]1c2sc(=O)[nH]c2SC2C3CC(C4C(=O)N(c5ccccc5C(F)(F)F)C(=O)C34)C21)Nc1cccc(C(F)(F)F)c1. The molecule has 8 nitrogen and oxygen atoms in total. The zero-order chi connectivity index (χ0) is 36.9. The van der Waals surface area contributed by atoms with Gasteiger partial charge >= 0.3 is 17.2 Å². The summed E-state index contributed by atoms with van der Waals surface area (Å²) in [6, 6.07) is 13.3. The summed E-state index contributed by atoms with van der Waals surface area (Å²) in [5.74, 6) is -5.56.